The van der Waals surface area contributed by atoms with Crippen molar-refractivity contribution in [1.29, 1.82) is 0 Å². The fraction of sp³-hybridized carbons (Fsp3) is 0.375. The summed E-state index contributed by atoms with van der Waals surface area (Å²) in [5.41, 5.74) is 8.76. The van der Waals surface area contributed by atoms with E-state index in [0.717, 1.165) is 17.1 Å². The minimum absolute atomic E-state index is 0.608. The lowest BCUT2D eigenvalue weighted by Crippen LogP contribution is -2.07. The van der Waals surface area contributed by atoms with E-state index in [2.05, 4.69) is 11.1 Å². The zero-order chi connectivity index (χ0) is 13.1. The largest absolute Gasteiger partial charge is 0.399 e. The number of nitrogens with two attached hydrogens (primary N) is 1. The zero-order valence-electron chi connectivity index (χ0n) is 11.0. The molecule has 0 bridgehead atoms. The third-order valence-corrected chi connectivity index (χ3v) is 3.85. The third-order valence-electron chi connectivity index (χ3n) is 3.85. The maximum Gasteiger partial charge on any atom is 0.159 e. The second kappa shape index (κ2) is 5.39. The molecule has 0 radical (unpaired) electrons. The summed E-state index contributed by atoms with van der Waals surface area (Å²) >= 11 is 0. The lowest BCUT2D eigenvalue weighted by molar-refractivity contribution is 0.436. The molecule has 1 aromatic carbocycles. The van der Waals surface area contributed by atoms with Crippen LogP contribution in [0.2, 0.25) is 0 Å². The molecule has 0 saturated heterocycles. The summed E-state index contributed by atoms with van der Waals surface area (Å²) in [5, 5.41) is 0. The Morgan fingerprint density at radius 2 is 1.89 bits per heavy atom. The van der Waals surface area contributed by atoms with Crippen molar-refractivity contribution in [2.45, 2.75) is 38.0 Å². The maximum absolute atomic E-state index is 5.82. The Bertz CT molecular complexity index is 559. The van der Waals surface area contributed by atoms with Gasteiger partial charge in [-0.25, -0.2) is 9.97 Å². The first kappa shape index (κ1) is 12.2. The molecule has 0 unspecified atom stereocenters. The fourth-order valence-corrected chi connectivity index (χ4v) is 2.82. The highest BCUT2D eigenvalue weighted by atomic mass is 14.9. The monoisotopic (exact) mass is 253 g/mol. The minimum atomic E-state index is 0.608. The van der Waals surface area contributed by atoms with Crippen molar-refractivity contribution in [3.8, 4) is 11.4 Å². The van der Waals surface area contributed by atoms with Gasteiger partial charge in [-0.05, 0) is 31.0 Å². The lowest BCUT2D eigenvalue weighted by Gasteiger charge is -2.21. The molecule has 2 aromatic rings. The number of rotatable bonds is 2. The van der Waals surface area contributed by atoms with Crippen molar-refractivity contribution in [3.05, 3.63) is 42.2 Å². The van der Waals surface area contributed by atoms with E-state index < -0.39 is 0 Å². The van der Waals surface area contributed by atoms with Crippen LogP contribution in [0.25, 0.3) is 11.4 Å². The Hall–Kier alpha value is -1.90. The summed E-state index contributed by atoms with van der Waals surface area (Å²) in [7, 11) is 0. The van der Waals surface area contributed by atoms with Gasteiger partial charge in [-0.15, -0.1) is 0 Å². The third kappa shape index (κ3) is 2.75. The molecule has 1 aliphatic carbocycles. The number of nitrogen functional groups attached to an aromatic ring is 1. The normalized spacial score (nSPS) is 16.4. The van der Waals surface area contributed by atoms with Crippen LogP contribution in [0.1, 0.15) is 43.7 Å². The minimum Gasteiger partial charge on any atom is -0.399 e. The predicted molar refractivity (Wildman–Crippen MR) is 77.7 cm³/mol. The van der Waals surface area contributed by atoms with Crippen molar-refractivity contribution in [3.63, 3.8) is 0 Å². The van der Waals surface area contributed by atoms with E-state index in [0.29, 0.717) is 5.92 Å². The van der Waals surface area contributed by atoms with Crippen LogP contribution >= 0.6 is 0 Å². The number of benzene rings is 1. The molecule has 0 atom stereocenters. The first-order valence-electron chi connectivity index (χ1n) is 7.02. The molecule has 98 valence electrons. The second-order valence-corrected chi connectivity index (χ2v) is 5.27. The van der Waals surface area contributed by atoms with E-state index in [-0.39, 0.29) is 0 Å². The lowest BCUT2D eigenvalue weighted by atomic mass is 9.87. The quantitative estimate of drug-likeness (QED) is 0.829. The average molecular weight is 253 g/mol. The van der Waals surface area contributed by atoms with Crippen LogP contribution in [0.4, 0.5) is 5.69 Å². The molecular weight excluding hydrogens is 234 g/mol. The Morgan fingerprint density at radius 3 is 2.68 bits per heavy atom. The molecule has 0 aliphatic heterocycles. The van der Waals surface area contributed by atoms with Crippen molar-refractivity contribution >= 4 is 5.69 Å². The van der Waals surface area contributed by atoms with Crippen molar-refractivity contribution < 1.29 is 0 Å². The molecule has 19 heavy (non-hydrogen) atoms. The standard InChI is InChI=1S/C16H19N3/c17-14-8-4-7-13(11-14)16-18-10-9-15(19-16)12-5-2-1-3-6-12/h4,7-12H,1-3,5-6,17H2. The van der Waals surface area contributed by atoms with Gasteiger partial charge in [0, 0.05) is 29.1 Å². The molecule has 0 spiro atoms. The Kier molecular flexibility index (Phi) is 3.45. The summed E-state index contributed by atoms with van der Waals surface area (Å²) in [6.07, 6.45) is 8.39. The molecule has 1 aromatic heterocycles. The SMILES string of the molecule is Nc1cccc(-c2nccc(C3CCCCC3)n2)c1. The van der Waals surface area contributed by atoms with E-state index >= 15 is 0 Å². The number of anilines is 1. The summed E-state index contributed by atoms with van der Waals surface area (Å²) in [4.78, 5) is 9.12. The molecular formula is C16H19N3. The van der Waals surface area contributed by atoms with Gasteiger partial charge in [-0.1, -0.05) is 31.4 Å². The van der Waals surface area contributed by atoms with Gasteiger partial charge < -0.3 is 5.73 Å². The van der Waals surface area contributed by atoms with Crippen molar-refractivity contribution in [1.82, 2.24) is 9.97 Å². The van der Waals surface area contributed by atoms with Crippen LogP contribution in [-0.2, 0) is 0 Å². The van der Waals surface area contributed by atoms with Crippen LogP contribution < -0.4 is 5.73 Å². The summed E-state index contributed by atoms with van der Waals surface area (Å²) < 4.78 is 0. The van der Waals surface area contributed by atoms with Gasteiger partial charge in [-0.2, -0.15) is 0 Å². The fourth-order valence-electron chi connectivity index (χ4n) is 2.82. The first-order valence-corrected chi connectivity index (χ1v) is 7.02. The van der Waals surface area contributed by atoms with Gasteiger partial charge in [0.05, 0.1) is 0 Å². The van der Waals surface area contributed by atoms with Crippen LogP contribution in [-0.4, -0.2) is 9.97 Å². The van der Waals surface area contributed by atoms with Crippen LogP contribution in [0.15, 0.2) is 36.5 Å². The highest BCUT2D eigenvalue weighted by molar-refractivity contribution is 5.60. The van der Waals surface area contributed by atoms with E-state index in [1.807, 2.05) is 30.5 Å². The van der Waals surface area contributed by atoms with Gasteiger partial charge in [0.1, 0.15) is 0 Å². The molecule has 3 heteroatoms. The Labute approximate surface area is 113 Å². The summed E-state index contributed by atoms with van der Waals surface area (Å²) in [6, 6.07) is 9.83. The Balaban J connectivity index is 1.91. The maximum atomic E-state index is 5.82. The Morgan fingerprint density at radius 1 is 1.05 bits per heavy atom. The van der Waals surface area contributed by atoms with E-state index in [9.17, 15) is 0 Å². The second-order valence-electron chi connectivity index (χ2n) is 5.27. The predicted octanol–water partition coefficient (Wildman–Crippen LogP) is 3.77. The summed E-state index contributed by atoms with van der Waals surface area (Å²) in [6.45, 7) is 0. The van der Waals surface area contributed by atoms with E-state index in [1.165, 1.54) is 37.8 Å². The van der Waals surface area contributed by atoms with Gasteiger partial charge >= 0.3 is 0 Å². The number of hydrogen-bond donors (Lipinski definition) is 1. The van der Waals surface area contributed by atoms with Gasteiger partial charge in [-0.3, -0.25) is 0 Å². The molecule has 1 saturated carbocycles. The highest BCUT2D eigenvalue weighted by Crippen LogP contribution is 2.32. The molecule has 3 nitrogen and oxygen atoms in total. The number of aromatic nitrogens is 2. The zero-order valence-corrected chi connectivity index (χ0v) is 11.0. The van der Waals surface area contributed by atoms with Gasteiger partial charge in [0.25, 0.3) is 0 Å². The molecule has 2 N–H and O–H groups in total. The molecule has 3 rings (SSSR count). The summed E-state index contributed by atoms with van der Waals surface area (Å²) in [5.74, 6) is 1.40. The molecule has 1 aliphatic rings. The molecule has 1 fully saturated rings. The van der Waals surface area contributed by atoms with Crippen molar-refractivity contribution in [2.75, 3.05) is 5.73 Å². The van der Waals surface area contributed by atoms with E-state index in [4.69, 9.17) is 10.7 Å². The smallest absolute Gasteiger partial charge is 0.159 e. The molecule has 1 heterocycles. The average Bonchev–Trinajstić information content (AvgIpc) is 2.48. The molecule has 0 amide bonds. The number of hydrogen-bond acceptors (Lipinski definition) is 3. The topological polar surface area (TPSA) is 51.8 Å². The van der Waals surface area contributed by atoms with Crippen LogP contribution in [0.3, 0.4) is 0 Å². The van der Waals surface area contributed by atoms with E-state index in [1.54, 1.807) is 0 Å². The number of nitrogens with zero attached hydrogens (tertiary/aromatic N) is 2. The van der Waals surface area contributed by atoms with Crippen molar-refractivity contribution in [2.24, 2.45) is 0 Å². The highest BCUT2D eigenvalue weighted by Gasteiger charge is 2.17. The van der Waals surface area contributed by atoms with Crippen LogP contribution in [0.5, 0.6) is 0 Å². The first-order chi connectivity index (χ1) is 9.33. The van der Waals surface area contributed by atoms with Gasteiger partial charge in [0.15, 0.2) is 5.82 Å². The van der Waals surface area contributed by atoms with Crippen LogP contribution in [0, 0.1) is 0 Å². The van der Waals surface area contributed by atoms with Gasteiger partial charge in [0.2, 0.25) is 0 Å².